The van der Waals surface area contributed by atoms with Gasteiger partial charge in [-0.3, -0.25) is 10.2 Å². The fourth-order valence-electron chi connectivity index (χ4n) is 0.498. The number of hydrogen-bond donors (Lipinski definition) is 3. The molecule has 1 aromatic heterocycles. The van der Waals surface area contributed by atoms with Gasteiger partial charge in [0.1, 0.15) is 5.82 Å². The van der Waals surface area contributed by atoms with Gasteiger partial charge in [-0.25, -0.2) is 4.98 Å². The molecule has 0 aromatic carbocycles. The van der Waals surface area contributed by atoms with Crippen LogP contribution in [-0.4, -0.2) is 15.2 Å². The number of nitrogens with one attached hydrogen (secondary N) is 2. The van der Waals surface area contributed by atoms with Crippen molar-refractivity contribution in [2.45, 2.75) is 13.0 Å². The fraction of sp³-hybridized carbons (Fsp3) is 0.500. The molecule has 0 spiro atoms. The first-order chi connectivity index (χ1) is 4.20. The first-order valence-corrected chi connectivity index (χ1v) is 3.01. The molecule has 1 rings (SSSR count). The van der Waals surface area contributed by atoms with Crippen molar-refractivity contribution in [1.29, 1.82) is 0 Å². The Hall–Kier alpha value is -0.680. The summed E-state index contributed by atoms with van der Waals surface area (Å²) in [6.45, 7) is 1.83. The average Bonchev–Trinajstić information content (AvgIpc) is 2.14. The highest BCUT2D eigenvalue weighted by atomic mass is 32.1. The average molecular weight is 144 g/mol. The minimum atomic E-state index is -0.0852. The maximum absolute atomic E-state index is 5.47. The molecular formula is C4H8N4S. The van der Waals surface area contributed by atoms with E-state index in [0.717, 1.165) is 0 Å². The van der Waals surface area contributed by atoms with Gasteiger partial charge in [-0.2, -0.15) is 0 Å². The third kappa shape index (κ3) is 1.36. The van der Waals surface area contributed by atoms with Crippen molar-refractivity contribution in [2.75, 3.05) is 0 Å². The summed E-state index contributed by atoms with van der Waals surface area (Å²) in [6, 6.07) is -0.0852. The van der Waals surface area contributed by atoms with Crippen LogP contribution in [0.25, 0.3) is 0 Å². The zero-order valence-electron chi connectivity index (χ0n) is 5.01. The molecule has 0 aliphatic rings. The Morgan fingerprint density at radius 1 is 1.67 bits per heavy atom. The van der Waals surface area contributed by atoms with Crippen molar-refractivity contribution >= 4 is 12.2 Å². The van der Waals surface area contributed by atoms with Crippen LogP contribution in [0.15, 0.2) is 0 Å². The SMILES string of the molecule is CC(N)c1nc(=S)[nH][nH]1. The summed E-state index contributed by atoms with van der Waals surface area (Å²) in [7, 11) is 0. The molecule has 1 unspecified atom stereocenters. The number of hydrogen-bond acceptors (Lipinski definition) is 3. The van der Waals surface area contributed by atoms with Crippen LogP contribution in [0, 0.1) is 4.77 Å². The van der Waals surface area contributed by atoms with Crippen molar-refractivity contribution in [3.63, 3.8) is 0 Å². The van der Waals surface area contributed by atoms with Crippen LogP contribution < -0.4 is 5.73 Å². The first kappa shape index (κ1) is 6.44. The number of nitrogens with two attached hydrogens (primary N) is 1. The molecule has 0 amide bonds. The largest absolute Gasteiger partial charge is 0.322 e. The van der Waals surface area contributed by atoms with Crippen LogP contribution >= 0.6 is 12.2 Å². The minimum absolute atomic E-state index is 0.0852. The molecule has 0 bridgehead atoms. The van der Waals surface area contributed by atoms with E-state index in [4.69, 9.17) is 18.0 Å². The van der Waals surface area contributed by atoms with E-state index in [9.17, 15) is 0 Å². The molecular weight excluding hydrogens is 136 g/mol. The lowest BCUT2D eigenvalue weighted by atomic mass is 10.4. The Morgan fingerprint density at radius 3 is 2.56 bits per heavy atom. The maximum Gasteiger partial charge on any atom is 0.213 e. The fourth-order valence-corrected chi connectivity index (χ4v) is 0.648. The summed E-state index contributed by atoms with van der Waals surface area (Å²) < 4.78 is 0.447. The van der Waals surface area contributed by atoms with Crippen molar-refractivity contribution in [3.8, 4) is 0 Å². The monoisotopic (exact) mass is 144 g/mol. The van der Waals surface area contributed by atoms with Gasteiger partial charge in [0.05, 0.1) is 6.04 Å². The number of rotatable bonds is 1. The molecule has 0 saturated heterocycles. The van der Waals surface area contributed by atoms with E-state index in [0.29, 0.717) is 10.6 Å². The molecule has 9 heavy (non-hydrogen) atoms. The van der Waals surface area contributed by atoms with Crippen LogP contribution in [0.5, 0.6) is 0 Å². The molecule has 50 valence electrons. The Morgan fingerprint density at radius 2 is 2.33 bits per heavy atom. The normalized spacial score (nSPS) is 13.6. The Balaban J connectivity index is 2.98. The van der Waals surface area contributed by atoms with E-state index >= 15 is 0 Å². The summed E-state index contributed by atoms with van der Waals surface area (Å²) >= 11 is 4.70. The summed E-state index contributed by atoms with van der Waals surface area (Å²) in [5, 5.41) is 5.39. The second-order valence-electron chi connectivity index (χ2n) is 1.84. The number of H-pyrrole nitrogens is 2. The van der Waals surface area contributed by atoms with Gasteiger partial charge in [-0.15, -0.1) is 0 Å². The summed E-state index contributed by atoms with van der Waals surface area (Å²) in [6.07, 6.45) is 0. The molecule has 1 atom stereocenters. The third-order valence-corrected chi connectivity index (χ3v) is 1.14. The summed E-state index contributed by atoms with van der Waals surface area (Å²) in [4.78, 5) is 3.89. The zero-order valence-corrected chi connectivity index (χ0v) is 5.83. The van der Waals surface area contributed by atoms with Gasteiger partial charge < -0.3 is 5.73 Å². The molecule has 0 aliphatic carbocycles. The van der Waals surface area contributed by atoms with Gasteiger partial charge in [0.25, 0.3) is 0 Å². The third-order valence-electron chi connectivity index (χ3n) is 0.951. The molecule has 0 aliphatic heterocycles. The Labute approximate surface area is 57.5 Å². The predicted octanol–water partition coefficient (Wildman–Crippen LogP) is 0.487. The highest BCUT2D eigenvalue weighted by Gasteiger charge is 1.99. The van der Waals surface area contributed by atoms with Crippen LogP contribution in [0.1, 0.15) is 18.8 Å². The van der Waals surface area contributed by atoms with Crippen molar-refractivity contribution in [1.82, 2.24) is 15.2 Å². The Kier molecular flexibility index (Phi) is 1.63. The molecule has 0 saturated carbocycles. The van der Waals surface area contributed by atoms with Crippen LogP contribution in [0.4, 0.5) is 0 Å². The van der Waals surface area contributed by atoms with Crippen LogP contribution in [-0.2, 0) is 0 Å². The Bertz CT molecular complexity index is 235. The summed E-state index contributed by atoms with van der Waals surface area (Å²) in [5.74, 6) is 0.694. The van der Waals surface area contributed by atoms with Crippen molar-refractivity contribution in [2.24, 2.45) is 5.73 Å². The van der Waals surface area contributed by atoms with Crippen molar-refractivity contribution < 1.29 is 0 Å². The lowest BCUT2D eigenvalue weighted by Gasteiger charge is -1.94. The van der Waals surface area contributed by atoms with E-state index in [1.807, 2.05) is 6.92 Å². The van der Waals surface area contributed by atoms with E-state index in [1.54, 1.807) is 0 Å². The van der Waals surface area contributed by atoms with Gasteiger partial charge in [0, 0.05) is 0 Å². The van der Waals surface area contributed by atoms with E-state index in [1.165, 1.54) is 0 Å². The zero-order chi connectivity index (χ0) is 6.85. The van der Waals surface area contributed by atoms with Crippen molar-refractivity contribution in [3.05, 3.63) is 10.6 Å². The number of aromatic amines is 2. The quantitative estimate of drug-likeness (QED) is 0.502. The molecule has 4 N–H and O–H groups in total. The second kappa shape index (κ2) is 2.28. The van der Waals surface area contributed by atoms with Crippen LogP contribution in [0.3, 0.4) is 0 Å². The van der Waals surface area contributed by atoms with E-state index in [-0.39, 0.29) is 6.04 Å². The smallest absolute Gasteiger partial charge is 0.213 e. The first-order valence-electron chi connectivity index (χ1n) is 2.60. The molecule has 1 heterocycles. The van der Waals surface area contributed by atoms with Gasteiger partial charge >= 0.3 is 0 Å². The van der Waals surface area contributed by atoms with Gasteiger partial charge in [-0.05, 0) is 19.1 Å². The van der Waals surface area contributed by atoms with Gasteiger partial charge in [0.15, 0.2) is 0 Å². The number of aromatic nitrogens is 3. The highest BCUT2D eigenvalue weighted by Crippen LogP contribution is 1.98. The molecule has 5 heteroatoms. The minimum Gasteiger partial charge on any atom is -0.322 e. The predicted molar refractivity (Wildman–Crippen MR) is 36.4 cm³/mol. The lowest BCUT2D eigenvalue weighted by Crippen LogP contribution is -2.06. The number of nitrogens with zero attached hydrogens (tertiary/aromatic N) is 1. The van der Waals surface area contributed by atoms with E-state index in [2.05, 4.69) is 15.2 Å². The van der Waals surface area contributed by atoms with Gasteiger partial charge in [-0.1, -0.05) is 0 Å². The van der Waals surface area contributed by atoms with Gasteiger partial charge in [0.2, 0.25) is 4.77 Å². The molecule has 4 nitrogen and oxygen atoms in total. The highest BCUT2D eigenvalue weighted by molar-refractivity contribution is 7.71. The van der Waals surface area contributed by atoms with Crippen LogP contribution in [0.2, 0.25) is 0 Å². The second-order valence-corrected chi connectivity index (χ2v) is 2.23. The molecule has 1 aromatic rings. The lowest BCUT2D eigenvalue weighted by molar-refractivity contribution is 0.745. The standard InChI is InChI=1S/C4H8N4S/c1-2(5)3-6-4(9)8-7-3/h2H,5H2,1H3,(H2,6,7,8,9). The topological polar surface area (TPSA) is 70.5 Å². The summed E-state index contributed by atoms with van der Waals surface area (Å²) in [5.41, 5.74) is 5.47. The molecule has 0 radical (unpaired) electrons. The molecule has 0 fully saturated rings. The maximum atomic E-state index is 5.47. The van der Waals surface area contributed by atoms with E-state index < -0.39 is 0 Å².